The van der Waals surface area contributed by atoms with Crippen LogP contribution in [0.1, 0.15) is 65.0 Å². The van der Waals surface area contributed by atoms with E-state index in [9.17, 15) is 5.11 Å². The van der Waals surface area contributed by atoms with Crippen molar-refractivity contribution in [2.75, 3.05) is 0 Å². The Morgan fingerprint density at radius 2 is 2.20 bits per heavy atom. The molecule has 0 amide bonds. The molecule has 0 radical (unpaired) electrons. The molecule has 1 heterocycles. The van der Waals surface area contributed by atoms with Crippen LogP contribution in [0.5, 0.6) is 0 Å². The minimum atomic E-state index is -0.799. The highest BCUT2D eigenvalue weighted by Crippen LogP contribution is 2.42. The molecule has 2 rings (SSSR count). The molecule has 1 saturated carbocycles. The zero-order chi connectivity index (χ0) is 14.8. The van der Waals surface area contributed by atoms with Crippen molar-refractivity contribution in [1.29, 1.82) is 0 Å². The highest BCUT2D eigenvalue weighted by atomic mass is 35.5. The molecule has 0 aliphatic heterocycles. The summed E-state index contributed by atoms with van der Waals surface area (Å²) in [5.41, 5.74) is 0.0391. The largest absolute Gasteiger partial charge is 0.384 e. The topological polar surface area (TPSA) is 38.0 Å². The normalized spacial score (nSPS) is 27.8. The van der Waals surface area contributed by atoms with Gasteiger partial charge in [-0.1, -0.05) is 38.8 Å². The van der Waals surface area contributed by atoms with Crippen LogP contribution in [-0.4, -0.2) is 14.9 Å². The molecule has 1 fully saturated rings. The summed E-state index contributed by atoms with van der Waals surface area (Å²) < 4.78 is 1.90. The highest BCUT2D eigenvalue weighted by Gasteiger charge is 2.37. The highest BCUT2D eigenvalue weighted by molar-refractivity contribution is 6.31. The Hall–Kier alpha value is -0.540. The first-order valence-corrected chi connectivity index (χ1v) is 8.30. The second-order valence-corrected chi connectivity index (χ2v) is 6.94. The molecule has 3 nitrogen and oxygen atoms in total. The van der Waals surface area contributed by atoms with Gasteiger partial charge in [0.05, 0.1) is 16.9 Å². The number of halogens is 1. The van der Waals surface area contributed by atoms with Gasteiger partial charge < -0.3 is 5.11 Å². The van der Waals surface area contributed by atoms with E-state index in [1.165, 1.54) is 6.42 Å². The first-order chi connectivity index (χ1) is 9.48. The number of rotatable bonds is 4. The van der Waals surface area contributed by atoms with Crippen LogP contribution in [0.3, 0.4) is 0 Å². The molecule has 0 saturated heterocycles. The lowest BCUT2D eigenvalue weighted by Gasteiger charge is -2.28. The molecule has 114 valence electrons. The van der Waals surface area contributed by atoms with Gasteiger partial charge in [0.25, 0.3) is 0 Å². The van der Waals surface area contributed by atoms with Gasteiger partial charge in [-0.2, -0.15) is 5.10 Å². The van der Waals surface area contributed by atoms with Crippen molar-refractivity contribution in [1.82, 2.24) is 9.78 Å². The van der Waals surface area contributed by atoms with Gasteiger partial charge in [-0.3, -0.25) is 4.68 Å². The fourth-order valence-corrected chi connectivity index (χ4v) is 3.78. The molecule has 1 N–H and O–H groups in total. The lowest BCUT2D eigenvalue weighted by Crippen LogP contribution is -2.29. The van der Waals surface area contributed by atoms with Gasteiger partial charge in [0.15, 0.2) is 0 Å². The van der Waals surface area contributed by atoms with Crippen molar-refractivity contribution in [2.24, 2.45) is 11.8 Å². The van der Waals surface area contributed by atoms with Crippen LogP contribution in [0, 0.1) is 11.8 Å². The van der Waals surface area contributed by atoms with E-state index in [0.717, 1.165) is 44.3 Å². The number of hydrogen-bond donors (Lipinski definition) is 1. The third kappa shape index (κ3) is 3.20. The molecule has 2 unspecified atom stereocenters. The van der Waals surface area contributed by atoms with Crippen molar-refractivity contribution in [2.45, 2.75) is 71.4 Å². The second kappa shape index (κ2) is 6.48. The Bertz CT molecular complexity index is 444. The van der Waals surface area contributed by atoms with Gasteiger partial charge in [-0.15, -0.1) is 0 Å². The zero-order valence-electron chi connectivity index (χ0n) is 12.9. The molecular weight excluding hydrogens is 272 g/mol. The van der Waals surface area contributed by atoms with Crippen LogP contribution >= 0.6 is 11.6 Å². The fourth-order valence-electron chi connectivity index (χ4n) is 3.46. The molecule has 0 aromatic carbocycles. The van der Waals surface area contributed by atoms with E-state index in [1.807, 2.05) is 4.68 Å². The van der Waals surface area contributed by atoms with E-state index >= 15 is 0 Å². The van der Waals surface area contributed by atoms with E-state index in [4.69, 9.17) is 11.6 Å². The summed E-state index contributed by atoms with van der Waals surface area (Å²) >= 11 is 6.31. The molecule has 0 spiro atoms. The summed E-state index contributed by atoms with van der Waals surface area (Å²) in [5, 5.41) is 16.1. The second-order valence-electron chi connectivity index (χ2n) is 6.53. The van der Waals surface area contributed by atoms with Crippen LogP contribution in [0.4, 0.5) is 0 Å². The van der Waals surface area contributed by atoms with Gasteiger partial charge >= 0.3 is 0 Å². The lowest BCUT2D eigenvalue weighted by atomic mass is 9.87. The standard InChI is InChI=1S/C16H27ClN2O/c1-4-10-19-15(14(17)11-18-19)16(20)8-5-6-13(7-9-16)12(2)3/h11-13,20H,4-10H2,1-3H3. The Labute approximate surface area is 127 Å². The molecule has 4 heteroatoms. The lowest BCUT2D eigenvalue weighted by molar-refractivity contribution is 0.0103. The number of hydrogen-bond acceptors (Lipinski definition) is 2. The minimum Gasteiger partial charge on any atom is -0.384 e. The molecule has 1 aromatic rings. The van der Waals surface area contributed by atoms with Crippen molar-refractivity contribution >= 4 is 11.6 Å². The van der Waals surface area contributed by atoms with Crippen LogP contribution in [0.25, 0.3) is 0 Å². The first-order valence-electron chi connectivity index (χ1n) is 7.92. The van der Waals surface area contributed by atoms with Crippen molar-refractivity contribution < 1.29 is 5.11 Å². The van der Waals surface area contributed by atoms with Crippen LogP contribution in [0.2, 0.25) is 5.02 Å². The maximum absolute atomic E-state index is 11.2. The van der Waals surface area contributed by atoms with Crippen molar-refractivity contribution in [3.8, 4) is 0 Å². The van der Waals surface area contributed by atoms with Gasteiger partial charge in [0.1, 0.15) is 5.60 Å². The number of aryl methyl sites for hydroxylation is 1. The smallest absolute Gasteiger partial charge is 0.108 e. The zero-order valence-corrected chi connectivity index (χ0v) is 13.7. The molecule has 20 heavy (non-hydrogen) atoms. The third-order valence-corrected chi connectivity index (χ3v) is 4.98. The number of aromatic nitrogens is 2. The molecule has 2 atom stereocenters. The van der Waals surface area contributed by atoms with E-state index < -0.39 is 5.60 Å². The fraction of sp³-hybridized carbons (Fsp3) is 0.812. The summed E-state index contributed by atoms with van der Waals surface area (Å²) in [6.45, 7) is 7.50. The Morgan fingerprint density at radius 3 is 2.85 bits per heavy atom. The van der Waals surface area contributed by atoms with Crippen LogP contribution in [-0.2, 0) is 12.1 Å². The maximum Gasteiger partial charge on any atom is 0.108 e. The predicted molar refractivity (Wildman–Crippen MR) is 82.8 cm³/mol. The quantitative estimate of drug-likeness (QED) is 0.838. The Morgan fingerprint density at radius 1 is 1.45 bits per heavy atom. The van der Waals surface area contributed by atoms with E-state index in [1.54, 1.807) is 6.20 Å². The molecule has 1 aromatic heterocycles. The molecule has 1 aliphatic rings. The molecule has 1 aliphatic carbocycles. The maximum atomic E-state index is 11.2. The minimum absolute atomic E-state index is 0.615. The Balaban J connectivity index is 2.24. The summed E-state index contributed by atoms with van der Waals surface area (Å²) in [6.07, 6.45) is 7.61. The number of nitrogens with zero attached hydrogens (tertiary/aromatic N) is 2. The van der Waals surface area contributed by atoms with E-state index in [2.05, 4.69) is 25.9 Å². The first kappa shape index (κ1) is 15.8. The molecular formula is C16H27ClN2O. The summed E-state index contributed by atoms with van der Waals surface area (Å²) in [4.78, 5) is 0. The monoisotopic (exact) mass is 298 g/mol. The van der Waals surface area contributed by atoms with Gasteiger partial charge in [0.2, 0.25) is 0 Å². The van der Waals surface area contributed by atoms with Crippen molar-refractivity contribution in [3.63, 3.8) is 0 Å². The SMILES string of the molecule is CCCn1ncc(Cl)c1C1(O)CCCC(C(C)C)CC1. The van der Waals surface area contributed by atoms with Gasteiger partial charge in [0, 0.05) is 6.54 Å². The predicted octanol–water partition coefficient (Wildman–Crippen LogP) is 4.37. The van der Waals surface area contributed by atoms with E-state index in [-0.39, 0.29) is 0 Å². The van der Waals surface area contributed by atoms with Crippen LogP contribution in [0.15, 0.2) is 6.20 Å². The average Bonchev–Trinajstić information content (AvgIpc) is 2.64. The molecule has 0 bridgehead atoms. The summed E-state index contributed by atoms with van der Waals surface area (Å²) in [5.74, 6) is 1.40. The third-order valence-electron chi connectivity index (χ3n) is 4.71. The van der Waals surface area contributed by atoms with Crippen LogP contribution < -0.4 is 0 Å². The van der Waals surface area contributed by atoms with Gasteiger partial charge in [-0.25, -0.2) is 0 Å². The van der Waals surface area contributed by atoms with E-state index in [0.29, 0.717) is 16.9 Å². The Kier molecular flexibility index (Phi) is 5.14. The summed E-state index contributed by atoms with van der Waals surface area (Å²) in [6, 6.07) is 0. The number of aliphatic hydroxyl groups is 1. The van der Waals surface area contributed by atoms with Gasteiger partial charge in [-0.05, 0) is 43.9 Å². The summed E-state index contributed by atoms with van der Waals surface area (Å²) in [7, 11) is 0. The average molecular weight is 299 g/mol. The van der Waals surface area contributed by atoms with Crippen molar-refractivity contribution in [3.05, 3.63) is 16.9 Å².